The van der Waals surface area contributed by atoms with E-state index in [1.165, 1.54) is 37.6 Å². The Balaban J connectivity index is 1.64. The fourth-order valence-corrected chi connectivity index (χ4v) is 7.31. The number of nitrogens with zero attached hydrogens (tertiary/aromatic N) is 3. The van der Waals surface area contributed by atoms with Crippen LogP contribution in [0.2, 0.25) is 5.02 Å². The number of sulfonamides is 1. The van der Waals surface area contributed by atoms with Crippen molar-refractivity contribution >= 4 is 50.2 Å². The maximum Gasteiger partial charge on any atom is 0.408 e. The highest BCUT2D eigenvalue weighted by molar-refractivity contribution is 7.93. The number of carbonyl (C=O) groups excluding carboxylic acids is 2. The van der Waals surface area contributed by atoms with Crippen LogP contribution in [0.5, 0.6) is 5.75 Å². The Morgan fingerprint density at radius 3 is 2.52 bits per heavy atom. The van der Waals surface area contributed by atoms with Crippen molar-refractivity contribution in [1.29, 1.82) is 0 Å². The SMILES string of the molecule is CCN(CC)CCCNC(=O)OC1(c2ccccc2OC)C(=O)N(S(=O)(=O)c2cccc3cccnc23)c2ccc(Cl)cc21. The molecule has 12 heteroatoms. The lowest BCUT2D eigenvalue weighted by Crippen LogP contribution is -2.48. The van der Waals surface area contributed by atoms with E-state index in [0.29, 0.717) is 16.1 Å². The molecule has 44 heavy (non-hydrogen) atoms. The largest absolute Gasteiger partial charge is 0.496 e. The van der Waals surface area contributed by atoms with Gasteiger partial charge in [-0.25, -0.2) is 13.2 Å². The van der Waals surface area contributed by atoms with Crippen LogP contribution < -0.4 is 14.4 Å². The number of amides is 2. The van der Waals surface area contributed by atoms with Crippen molar-refractivity contribution in [3.63, 3.8) is 0 Å². The molecule has 10 nitrogen and oxygen atoms in total. The number of nitrogens with one attached hydrogen (secondary N) is 1. The van der Waals surface area contributed by atoms with Gasteiger partial charge in [0.15, 0.2) is 0 Å². The number of rotatable bonds is 11. The van der Waals surface area contributed by atoms with Crippen LogP contribution in [0.15, 0.2) is 83.9 Å². The van der Waals surface area contributed by atoms with Gasteiger partial charge in [-0.1, -0.05) is 61.8 Å². The summed E-state index contributed by atoms with van der Waals surface area (Å²) in [5, 5.41) is 3.52. The third kappa shape index (κ3) is 5.47. The van der Waals surface area contributed by atoms with Gasteiger partial charge < -0.3 is 19.7 Å². The standard InChI is InChI=1S/C32H33ClN4O6S/c1-4-36(5-2)20-10-19-35-31(39)43-32(24-13-6-7-14-27(24)42-3)25-21-23(33)16-17-26(25)37(30(32)38)44(40,41)28-15-8-11-22-12-9-18-34-29(22)28/h6-9,11-18,21H,4-5,10,19-20H2,1-3H3,(H,35,39). The monoisotopic (exact) mass is 636 g/mol. The first kappa shape index (κ1) is 31.2. The number of hydrogen-bond donors (Lipinski definition) is 1. The minimum atomic E-state index is -4.59. The number of aromatic nitrogens is 1. The van der Waals surface area contributed by atoms with Gasteiger partial charge in [-0.05, 0) is 62.5 Å². The summed E-state index contributed by atoms with van der Waals surface area (Å²) in [4.78, 5) is 34.6. The maximum absolute atomic E-state index is 14.8. The van der Waals surface area contributed by atoms with Crippen LogP contribution in [-0.2, 0) is 25.2 Å². The summed E-state index contributed by atoms with van der Waals surface area (Å²) >= 11 is 6.43. The molecular formula is C32H33ClN4O6S. The average molecular weight is 637 g/mol. The molecule has 3 aromatic carbocycles. The number of ether oxygens (including phenoxy) is 2. The summed E-state index contributed by atoms with van der Waals surface area (Å²) in [7, 11) is -3.18. The van der Waals surface area contributed by atoms with Crippen LogP contribution in [-0.4, -0.2) is 63.6 Å². The van der Waals surface area contributed by atoms with Crippen molar-refractivity contribution in [2.45, 2.75) is 30.8 Å². The average Bonchev–Trinajstić information content (AvgIpc) is 3.28. The van der Waals surface area contributed by atoms with Gasteiger partial charge in [0.05, 0.1) is 23.9 Å². The lowest BCUT2D eigenvalue weighted by Gasteiger charge is -2.30. The minimum Gasteiger partial charge on any atom is -0.496 e. The molecule has 1 aromatic heterocycles. The zero-order valence-electron chi connectivity index (χ0n) is 24.6. The van der Waals surface area contributed by atoms with Crippen LogP contribution >= 0.6 is 11.6 Å². The molecular weight excluding hydrogens is 604 g/mol. The Kier molecular flexibility index (Phi) is 9.10. The van der Waals surface area contributed by atoms with E-state index in [9.17, 15) is 18.0 Å². The highest BCUT2D eigenvalue weighted by atomic mass is 35.5. The number of anilines is 1. The zero-order chi connectivity index (χ0) is 31.5. The fraction of sp³-hybridized carbons (Fsp3) is 0.281. The number of alkyl carbamates (subject to hydrolysis) is 1. The van der Waals surface area contributed by atoms with E-state index in [1.807, 2.05) is 0 Å². The second kappa shape index (κ2) is 12.8. The molecule has 1 N–H and O–H groups in total. The Morgan fingerprint density at radius 1 is 1.02 bits per heavy atom. The van der Waals surface area contributed by atoms with Crippen molar-refractivity contribution in [2.24, 2.45) is 0 Å². The van der Waals surface area contributed by atoms with Crippen LogP contribution in [0.1, 0.15) is 31.4 Å². The molecule has 0 saturated heterocycles. The number of benzene rings is 3. The molecule has 1 aliphatic rings. The molecule has 4 aromatic rings. The molecule has 1 unspecified atom stereocenters. The van der Waals surface area contributed by atoms with E-state index in [2.05, 4.69) is 29.0 Å². The van der Waals surface area contributed by atoms with Crippen molar-refractivity contribution in [1.82, 2.24) is 15.2 Å². The van der Waals surface area contributed by atoms with Gasteiger partial charge in [0, 0.05) is 28.7 Å². The van der Waals surface area contributed by atoms with Gasteiger partial charge in [-0.15, -0.1) is 0 Å². The van der Waals surface area contributed by atoms with E-state index in [1.54, 1.807) is 48.5 Å². The predicted octanol–water partition coefficient (Wildman–Crippen LogP) is 5.33. The first-order chi connectivity index (χ1) is 21.2. The van der Waals surface area contributed by atoms with Gasteiger partial charge in [0.2, 0.25) is 5.60 Å². The topological polar surface area (TPSA) is 118 Å². The van der Waals surface area contributed by atoms with E-state index >= 15 is 0 Å². The molecule has 230 valence electrons. The molecule has 1 aliphatic heterocycles. The van der Waals surface area contributed by atoms with Crippen molar-refractivity contribution in [3.8, 4) is 5.75 Å². The van der Waals surface area contributed by atoms with E-state index in [4.69, 9.17) is 21.1 Å². The molecule has 0 bridgehead atoms. The lowest BCUT2D eigenvalue weighted by atomic mass is 9.86. The van der Waals surface area contributed by atoms with Crippen molar-refractivity contribution in [2.75, 3.05) is 37.6 Å². The van der Waals surface area contributed by atoms with Gasteiger partial charge >= 0.3 is 6.09 Å². The van der Waals surface area contributed by atoms with Crippen molar-refractivity contribution < 1.29 is 27.5 Å². The lowest BCUT2D eigenvalue weighted by molar-refractivity contribution is -0.131. The van der Waals surface area contributed by atoms with E-state index in [-0.39, 0.29) is 44.5 Å². The van der Waals surface area contributed by atoms with E-state index in [0.717, 1.165) is 19.6 Å². The molecule has 0 radical (unpaired) electrons. The number of hydrogen-bond acceptors (Lipinski definition) is 8. The minimum absolute atomic E-state index is 0.00688. The first-order valence-corrected chi connectivity index (χ1v) is 16.1. The van der Waals surface area contributed by atoms with E-state index < -0.39 is 27.6 Å². The Labute approximate surface area is 261 Å². The number of pyridine rings is 1. The highest BCUT2D eigenvalue weighted by Gasteiger charge is 2.60. The molecule has 2 heterocycles. The fourth-order valence-electron chi connectivity index (χ4n) is 5.51. The van der Waals surface area contributed by atoms with Crippen LogP contribution in [0.25, 0.3) is 10.9 Å². The normalized spacial score (nSPS) is 16.3. The second-order valence-electron chi connectivity index (χ2n) is 10.1. The Morgan fingerprint density at radius 2 is 1.77 bits per heavy atom. The van der Waals surface area contributed by atoms with Crippen LogP contribution in [0.3, 0.4) is 0 Å². The smallest absolute Gasteiger partial charge is 0.408 e. The number of halogens is 1. The molecule has 5 rings (SSSR count). The molecule has 0 spiro atoms. The van der Waals surface area contributed by atoms with Gasteiger partial charge in [-0.3, -0.25) is 9.78 Å². The number of methoxy groups -OCH3 is 1. The Hall–Kier alpha value is -4.19. The predicted molar refractivity (Wildman–Crippen MR) is 169 cm³/mol. The number of para-hydroxylation sites is 2. The summed E-state index contributed by atoms with van der Waals surface area (Å²) < 4.78 is 41.2. The summed E-state index contributed by atoms with van der Waals surface area (Å²) in [5.41, 5.74) is -1.84. The second-order valence-corrected chi connectivity index (χ2v) is 12.3. The van der Waals surface area contributed by atoms with Gasteiger partial charge in [0.25, 0.3) is 15.9 Å². The molecule has 0 aliphatic carbocycles. The third-order valence-electron chi connectivity index (χ3n) is 7.70. The summed E-state index contributed by atoms with van der Waals surface area (Å²) in [6.07, 6.45) is 1.22. The van der Waals surface area contributed by atoms with Gasteiger partial charge in [-0.2, -0.15) is 4.31 Å². The summed E-state index contributed by atoms with van der Waals surface area (Å²) in [5.74, 6) is -0.808. The maximum atomic E-state index is 14.8. The summed E-state index contributed by atoms with van der Waals surface area (Å²) in [6.45, 7) is 6.90. The highest BCUT2D eigenvalue weighted by Crippen LogP contribution is 2.52. The number of carbonyl (C=O) groups is 2. The zero-order valence-corrected chi connectivity index (χ0v) is 26.2. The molecule has 1 atom stereocenters. The first-order valence-electron chi connectivity index (χ1n) is 14.2. The third-order valence-corrected chi connectivity index (χ3v) is 9.67. The molecule has 2 amide bonds. The summed E-state index contributed by atoms with van der Waals surface area (Å²) in [6, 6.07) is 19.0. The van der Waals surface area contributed by atoms with Crippen LogP contribution in [0, 0.1) is 0 Å². The quantitative estimate of drug-likeness (QED) is 0.219. The van der Waals surface area contributed by atoms with Crippen molar-refractivity contribution in [3.05, 3.63) is 95.1 Å². The molecule has 0 fully saturated rings. The van der Waals surface area contributed by atoms with Crippen LogP contribution in [0.4, 0.5) is 10.5 Å². The van der Waals surface area contributed by atoms with Gasteiger partial charge in [0.1, 0.15) is 10.6 Å². The molecule has 0 saturated carbocycles. The Bertz CT molecular complexity index is 1810. The number of fused-ring (bicyclic) bond motifs is 2.